The van der Waals surface area contributed by atoms with E-state index in [1.807, 2.05) is 43.0 Å². The van der Waals surface area contributed by atoms with Crippen molar-refractivity contribution in [3.63, 3.8) is 0 Å². The molecule has 0 saturated carbocycles. The number of aryl methyl sites for hydroxylation is 1. The smallest absolute Gasteiger partial charge is 0.410 e. The number of carbonyl (C=O) groups is 1. The summed E-state index contributed by atoms with van der Waals surface area (Å²) in [4.78, 5) is 14.0. The lowest BCUT2D eigenvalue weighted by Crippen LogP contribution is -2.37. The lowest BCUT2D eigenvalue weighted by molar-refractivity contribution is 0.0646. The van der Waals surface area contributed by atoms with Crippen molar-refractivity contribution in [3.05, 3.63) is 58.1 Å². The van der Waals surface area contributed by atoms with Crippen LogP contribution in [0.15, 0.2) is 42.5 Å². The van der Waals surface area contributed by atoms with Crippen LogP contribution in [-0.4, -0.2) is 18.9 Å². The fraction of sp³-hybridized carbons (Fsp3) is 0.278. The lowest BCUT2D eigenvalue weighted by atomic mass is 10.2. The molecule has 0 bridgehead atoms. The number of ether oxygens (including phenoxy) is 2. The summed E-state index contributed by atoms with van der Waals surface area (Å²) in [6, 6.07) is 12.6. The Morgan fingerprint density at radius 3 is 2.58 bits per heavy atom. The van der Waals surface area contributed by atoms with Crippen molar-refractivity contribution in [2.24, 2.45) is 0 Å². The molecule has 0 radical (unpaired) electrons. The average Bonchev–Trinajstić information content (AvgIpc) is 2.51. The number of hydrogen-bond acceptors (Lipinski definition) is 4. The summed E-state index contributed by atoms with van der Waals surface area (Å²) in [5.74, 6) is 0.205. The molecule has 2 aromatic carbocycles. The van der Waals surface area contributed by atoms with Crippen molar-refractivity contribution in [1.82, 2.24) is 0 Å². The fourth-order valence-corrected chi connectivity index (χ4v) is 2.78. The van der Waals surface area contributed by atoms with Gasteiger partial charge in [-0.05, 0) is 56.7 Å². The highest BCUT2D eigenvalue weighted by Crippen LogP contribution is 2.28. The second-order valence-corrected chi connectivity index (χ2v) is 6.11. The molecule has 2 aromatic rings. The van der Waals surface area contributed by atoms with Gasteiger partial charge in [0.2, 0.25) is 0 Å². The molecule has 0 spiro atoms. The molecule has 2 rings (SSSR count). The Bertz CT molecular complexity index is 721. The number of carbonyl (C=O) groups excluding carboxylic acids is 1. The summed E-state index contributed by atoms with van der Waals surface area (Å²) in [7, 11) is 0. The standard InChI is InChI=1S/C18H19Cl2NO3/c1-4-21(15-7-5-6-12(2)10-15)13(3)23-18(22)24-17-9-8-14(19)11-16(17)20/h5-11,13H,4H2,1-3H3. The molecule has 0 N–H and O–H groups in total. The van der Waals surface area contributed by atoms with Crippen molar-refractivity contribution in [2.45, 2.75) is 27.0 Å². The molecule has 6 heteroatoms. The van der Waals surface area contributed by atoms with Gasteiger partial charge in [-0.15, -0.1) is 0 Å². The fourth-order valence-electron chi connectivity index (χ4n) is 2.33. The summed E-state index contributed by atoms with van der Waals surface area (Å²) in [5.41, 5.74) is 2.11. The highest BCUT2D eigenvalue weighted by molar-refractivity contribution is 6.35. The summed E-state index contributed by atoms with van der Waals surface area (Å²) >= 11 is 11.8. The van der Waals surface area contributed by atoms with Gasteiger partial charge < -0.3 is 14.4 Å². The third kappa shape index (κ3) is 4.79. The minimum Gasteiger partial charge on any atom is -0.410 e. The van der Waals surface area contributed by atoms with Crippen LogP contribution in [0.25, 0.3) is 0 Å². The Balaban J connectivity index is 2.04. The van der Waals surface area contributed by atoms with Crippen LogP contribution >= 0.6 is 23.2 Å². The van der Waals surface area contributed by atoms with Gasteiger partial charge in [0.05, 0.1) is 5.02 Å². The highest BCUT2D eigenvalue weighted by atomic mass is 35.5. The van der Waals surface area contributed by atoms with Crippen LogP contribution in [0.5, 0.6) is 5.75 Å². The van der Waals surface area contributed by atoms with E-state index < -0.39 is 12.4 Å². The Labute approximate surface area is 151 Å². The van der Waals surface area contributed by atoms with Crippen LogP contribution in [0.2, 0.25) is 10.0 Å². The van der Waals surface area contributed by atoms with E-state index in [9.17, 15) is 4.79 Å². The first-order valence-corrected chi connectivity index (χ1v) is 8.33. The van der Waals surface area contributed by atoms with Crippen molar-refractivity contribution in [1.29, 1.82) is 0 Å². The first kappa shape index (κ1) is 18.4. The molecule has 0 aromatic heterocycles. The van der Waals surface area contributed by atoms with Crippen LogP contribution in [0, 0.1) is 6.92 Å². The molecular weight excluding hydrogens is 349 g/mol. The van der Waals surface area contributed by atoms with E-state index in [0.717, 1.165) is 11.3 Å². The zero-order chi connectivity index (χ0) is 17.7. The van der Waals surface area contributed by atoms with Crippen LogP contribution < -0.4 is 9.64 Å². The molecule has 1 atom stereocenters. The van der Waals surface area contributed by atoms with E-state index in [1.165, 1.54) is 12.1 Å². The number of nitrogens with zero attached hydrogens (tertiary/aromatic N) is 1. The minimum atomic E-state index is -0.821. The maximum Gasteiger partial charge on any atom is 0.515 e. The first-order valence-electron chi connectivity index (χ1n) is 7.57. The Kier molecular flexibility index (Phi) is 6.35. The minimum absolute atomic E-state index is 0.205. The van der Waals surface area contributed by atoms with Crippen molar-refractivity contribution in [3.8, 4) is 5.75 Å². The second-order valence-electron chi connectivity index (χ2n) is 5.27. The van der Waals surface area contributed by atoms with Gasteiger partial charge in [-0.25, -0.2) is 4.79 Å². The first-order chi connectivity index (χ1) is 11.4. The molecule has 0 aliphatic rings. The van der Waals surface area contributed by atoms with Gasteiger partial charge in [-0.1, -0.05) is 35.3 Å². The molecule has 0 aliphatic heterocycles. The lowest BCUT2D eigenvalue weighted by Gasteiger charge is -2.29. The van der Waals surface area contributed by atoms with Gasteiger partial charge in [0.25, 0.3) is 0 Å². The van der Waals surface area contributed by atoms with Gasteiger partial charge in [-0.2, -0.15) is 0 Å². The number of anilines is 1. The van der Waals surface area contributed by atoms with Gasteiger partial charge in [0, 0.05) is 17.3 Å². The zero-order valence-electron chi connectivity index (χ0n) is 13.8. The number of rotatable bonds is 5. The summed E-state index contributed by atoms with van der Waals surface area (Å²) in [6.07, 6.45) is -1.31. The molecule has 24 heavy (non-hydrogen) atoms. The van der Waals surface area contributed by atoms with E-state index in [2.05, 4.69) is 0 Å². The normalized spacial score (nSPS) is 11.7. The second kappa shape index (κ2) is 8.27. The number of hydrogen-bond donors (Lipinski definition) is 0. The Morgan fingerprint density at radius 2 is 1.96 bits per heavy atom. The Morgan fingerprint density at radius 1 is 1.21 bits per heavy atom. The van der Waals surface area contributed by atoms with E-state index in [-0.39, 0.29) is 10.8 Å². The van der Waals surface area contributed by atoms with Gasteiger partial charge in [0.1, 0.15) is 0 Å². The molecule has 128 valence electrons. The highest BCUT2D eigenvalue weighted by Gasteiger charge is 2.19. The molecule has 1 unspecified atom stereocenters. The van der Waals surface area contributed by atoms with Crippen LogP contribution in [-0.2, 0) is 4.74 Å². The zero-order valence-corrected chi connectivity index (χ0v) is 15.3. The SMILES string of the molecule is CCN(c1cccc(C)c1)C(C)OC(=O)Oc1ccc(Cl)cc1Cl. The molecule has 0 heterocycles. The quantitative estimate of drug-likeness (QED) is 0.386. The van der Waals surface area contributed by atoms with E-state index in [0.29, 0.717) is 11.6 Å². The van der Waals surface area contributed by atoms with E-state index in [1.54, 1.807) is 13.0 Å². The molecule has 0 saturated heterocycles. The van der Waals surface area contributed by atoms with E-state index in [4.69, 9.17) is 32.7 Å². The summed E-state index contributed by atoms with van der Waals surface area (Å²) < 4.78 is 10.5. The van der Waals surface area contributed by atoms with Gasteiger partial charge in [-0.3, -0.25) is 0 Å². The van der Waals surface area contributed by atoms with Crippen LogP contribution in [0.1, 0.15) is 19.4 Å². The Hall–Kier alpha value is -1.91. The van der Waals surface area contributed by atoms with Gasteiger partial charge in [0.15, 0.2) is 12.0 Å². The molecule has 0 aliphatic carbocycles. The van der Waals surface area contributed by atoms with Crippen molar-refractivity contribution in [2.75, 3.05) is 11.4 Å². The largest absolute Gasteiger partial charge is 0.515 e. The van der Waals surface area contributed by atoms with Crippen LogP contribution in [0.3, 0.4) is 0 Å². The monoisotopic (exact) mass is 367 g/mol. The predicted octanol–water partition coefficient (Wildman–Crippen LogP) is 5.69. The van der Waals surface area contributed by atoms with E-state index >= 15 is 0 Å². The predicted molar refractivity (Wildman–Crippen MR) is 97.2 cm³/mol. The van der Waals surface area contributed by atoms with Crippen molar-refractivity contribution >= 4 is 35.0 Å². The van der Waals surface area contributed by atoms with Crippen LogP contribution in [0.4, 0.5) is 10.5 Å². The molecule has 4 nitrogen and oxygen atoms in total. The number of benzene rings is 2. The summed E-state index contributed by atoms with van der Waals surface area (Å²) in [5, 5.41) is 0.712. The molecule has 0 amide bonds. The number of halogens is 2. The average molecular weight is 368 g/mol. The van der Waals surface area contributed by atoms with Crippen molar-refractivity contribution < 1.29 is 14.3 Å². The third-order valence-electron chi connectivity index (χ3n) is 3.47. The topological polar surface area (TPSA) is 38.8 Å². The maximum absolute atomic E-state index is 12.0. The maximum atomic E-state index is 12.0. The summed E-state index contributed by atoms with van der Waals surface area (Å²) in [6.45, 7) is 6.47. The van der Waals surface area contributed by atoms with Gasteiger partial charge >= 0.3 is 6.16 Å². The third-order valence-corrected chi connectivity index (χ3v) is 4.00. The molecule has 0 fully saturated rings. The molecular formula is C18H19Cl2NO3.